The molecule has 2 aliphatic heterocycles. The van der Waals surface area contributed by atoms with E-state index in [9.17, 15) is 13.2 Å². The summed E-state index contributed by atoms with van der Waals surface area (Å²) in [7, 11) is -3.46. The van der Waals surface area contributed by atoms with E-state index in [0.717, 1.165) is 48.7 Å². The number of carbonyl (C=O) groups is 1. The second-order valence-electron chi connectivity index (χ2n) is 8.28. The third kappa shape index (κ3) is 5.60. The van der Waals surface area contributed by atoms with Crippen LogP contribution in [0.5, 0.6) is 0 Å². The maximum Gasteiger partial charge on any atom is 0.252 e. The smallest absolute Gasteiger partial charge is 0.252 e. The summed E-state index contributed by atoms with van der Waals surface area (Å²) >= 11 is 1.19. The molecule has 2 aromatic rings. The van der Waals surface area contributed by atoms with E-state index in [2.05, 4.69) is 10.2 Å². The number of furan rings is 1. The molecule has 8 nitrogen and oxygen atoms in total. The molecule has 0 saturated carbocycles. The van der Waals surface area contributed by atoms with Gasteiger partial charge in [0.25, 0.3) is 10.0 Å². The van der Waals surface area contributed by atoms with Crippen molar-refractivity contribution in [2.75, 3.05) is 45.9 Å². The van der Waals surface area contributed by atoms with Crippen LogP contribution < -0.4 is 5.32 Å². The van der Waals surface area contributed by atoms with Crippen molar-refractivity contribution < 1.29 is 22.4 Å². The first-order valence-corrected chi connectivity index (χ1v) is 13.4. The fourth-order valence-corrected chi connectivity index (χ4v) is 7.21. The monoisotopic (exact) mass is 481 g/mol. The number of hydrogen-bond acceptors (Lipinski definition) is 7. The number of rotatable bonds is 8. The Labute approximate surface area is 193 Å². The molecule has 0 aromatic carbocycles. The Morgan fingerprint density at radius 3 is 2.53 bits per heavy atom. The van der Waals surface area contributed by atoms with Gasteiger partial charge in [0.15, 0.2) is 0 Å². The Bertz CT molecular complexity index is 1000. The van der Waals surface area contributed by atoms with Gasteiger partial charge in [-0.1, -0.05) is 6.42 Å². The quantitative estimate of drug-likeness (QED) is 0.623. The zero-order valence-corrected chi connectivity index (χ0v) is 20.1. The predicted octanol–water partition coefficient (Wildman–Crippen LogP) is 2.56. The van der Waals surface area contributed by atoms with Gasteiger partial charge >= 0.3 is 0 Å². The van der Waals surface area contributed by atoms with Gasteiger partial charge in [-0.15, -0.1) is 11.3 Å². The molecule has 1 N–H and O–H groups in total. The van der Waals surface area contributed by atoms with Crippen molar-refractivity contribution in [1.29, 1.82) is 0 Å². The highest BCUT2D eigenvalue weighted by atomic mass is 32.2. The summed E-state index contributed by atoms with van der Waals surface area (Å²) in [5.74, 6) is 1.54. The molecular formula is C22H31N3O5S2. The van der Waals surface area contributed by atoms with E-state index >= 15 is 0 Å². The van der Waals surface area contributed by atoms with Crippen LogP contribution in [0.3, 0.4) is 0 Å². The summed E-state index contributed by atoms with van der Waals surface area (Å²) in [5.41, 5.74) is 0. The van der Waals surface area contributed by atoms with Gasteiger partial charge in [0.05, 0.1) is 25.7 Å². The van der Waals surface area contributed by atoms with Crippen molar-refractivity contribution in [2.24, 2.45) is 0 Å². The normalized spacial score (nSPS) is 19.7. The van der Waals surface area contributed by atoms with E-state index in [1.165, 1.54) is 11.3 Å². The Morgan fingerprint density at radius 2 is 1.84 bits per heavy atom. The van der Waals surface area contributed by atoms with Crippen LogP contribution >= 0.6 is 11.3 Å². The fourth-order valence-electron chi connectivity index (χ4n) is 4.19. The lowest BCUT2D eigenvalue weighted by Crippen LogP contribution is -2.43. The summed E-state index contributed by atoms with van der Waals surface area (Å²) in [5, 5.41) is 3.01. The van der Waals surface area contributed by atoms with Crippen molar-refractivity contribution in [3.63, 3.8) is 0 Å². The molecule has 0 spiro atoms. The molecule has 1 amide bonds. The minimum absolute atomic E-state index is 0.0603. The average Bonchev–Trinajstić information content (AvgIpc) is 3.45. The van der Waals surface area contributed by atoms with Crippen LogP contribution in [0.4, 0.5) is 0 Å². The molecule has 176 valence electrons. The van der Waals surface area contributed by atoms with E-state index in [4.69, 9.17) is 9.15 Å². The minimum atomic E-state index is -3.46. The Morgan fingerprint density at radius 1 is 1.09 bits per heavy atom. The highest BCUT2D eigenvalue weighted by molar-refractivity contribution is 7.91. The van der Waals surface area contributed by atoms with Gasteiger partial charge in [-0.2, -0.15) is 4.31 Å². The minimum Gasteiger partial charge on any atom is -0.465 e. The highest BCUT2D eigenvalue weighted by Crippen LogP contribution is 2.28. The van der Waals surface area contributed by atoms with Crippen LogP contribution in [-0.4, -0.2) is 69.5 Å². The van der Waals surface area contributed by atoms with Gasteiger partial charge < -0.3 is 14.5 Å². The number of amides is 1. The van der Waals surface area contributed by atoms with E-state index < -0.39 is 10.0 Å². The van der Waals surface area contributed by atoms with Crippen molar-refractivity contribution in [3.05, 3.63) is 40.7 Å². The first kappa shape index (κ1) is 23.4. The summed E-state index contributed by atoms with van der Waals surface area (Å²) in [6.45, 7) is 6.37. The van der Waals surface area contributed by atoms with Crippen LogP contribution in [0.2, 0.25) is 0 Å². The molecular weight excluding hydrogens is 450 g/mol. The number of ether oxygens (including phenoxy) is 1. The number of nitrogens with zero attached hydrogens (tertiary/aromatic N) is 2. The first-order chi connectivity index (χ1) is 15.4. The average molecular weight is 482 g/mol. The fraction of sp³-hybridized carbons (Fsp3) is 0.591. The molecule has 32 heavy (non-hydrogen) atoms. The highest BCUT2D eigenvalue weighted by Gasteiger charge is 2.28. The Hall–Kier alpha value is -1.72. The van der Waals surface area contributed by atoms with Crippen LogP contribution in [-0.2, 0) is 26.0 Å². The molecule has 0 bridgehead atoms. The van der Waals surface area contributed by atoms with Crippen LogP contribution in [0.25, 0.3) is 0 Å². The maximum absolute atomic E-state index is 12.8. The van der Waals surface area contributed by atoms with Crippen molar-refractivity contribution >= 4 is 27.3 Å². The molecule has 4 rings (SSSR count). The van der Waals surface area contributed by atoms with Gasteiger partial charge in [0, 0.05) is 37.6 Å². The van der Waals surface area contributed by atoms with E-state index in [1.54, 1.807) is 16.4 Å². The van der Waals surface area contributed by atoms with Gasteiger partial charge in [0.2, 0.25) is 5.91 Å². The first-order valence-electron chi connectivity index (χ1n) is 11.2. The lowest BCUT2D eigenvalue weighted by Gasteiger charge is -2.33. The summed E-state index contributed by atoms with van der Waals surface area (Å²) in [4.78, 5) is 15.7. The maximum atomic E-state index is 12.8. The molecule has 2 aliphatic rings. The third-order valence-corrected chi connectivity index (χ3v) is 9.40. The third-order valence-electron chi connectivity index (χ3n) is 5.95. The second-order valence-corrected chi connectivity index (χ2v) is 11.6. The molecule has 4 heterocycles. The van der Waals surface area contributed by atoms with E-state index in [0.29, 0.717) is 37.1 Å². The molecule has 0 radical (unpaired) electrons. The van der Waals surface area contributed by atoms with Crippen LogP contribution in [0.15, 0.2) is 32.9 Å². The summed E-state index contributed by atoms with van der Waals surface area (Å²) in [6.07, 6.45) is 3.04. The molecule has 1 unspecified atom stereocenters. The van der Waals surface area contributed by atoms with Crippen molar-refractivity contribution in [2.45, 2.75) is 42.9 Å². The van der Waals surface area contributed by atoms with E-state index in [1.807, 2.05) is 19.1 Å². The van der Waals surface area contributed by atoms with Gasteiger partial charge in [0.1, 0.15) is 15.7 Å². The van der Waals surface area contributed by atoms with Crippen LogP contribution in [0, 0.1) is 6.92 Å². The molecule has 2 aromatic heterocycles. The molecule has 10 heteroatoms. The molecule has 1 atom stereocenters. The number of aryl methyl sites for hydroxylation is 1. The Balaban J connectivity index is 1.36. The van der Waals surface area contributed by atoms with Crippen molar-refractivity contribution in [1.82, 2.24) is 14.5 Å². The second kappa shape index (κ2) is 10.5. The number of sulfonamides is 1. The number of nitrogens with one attached hydrogen (secondary N) is 1. The number of thiophene rings is 1. The number of morpholine rings is 1. The van der Waals surface area contributed by atoms with Gasteiger partial charge in [-0.25, -0.2) is 8.42 Å². The SMILES string of the molecule is Cc1ccc(C(CNC(=O)Cc2ccc(S(=O)(=O)N3CCCCC3)s2)N2CCOCC2)o1. The molecule has 2 fully saturated rings. The van der Waals surface area contributed by atoms with Crippen molar-refractivity contribution in [3.8, 4) is 0 Å². The Kier molecular flexibility index (Phi) is 7.67. The van der Waals surface area contributed by atoms with Gasteiger partial charge in [-0.05, 0) is 44.0 Å². The molecule has 2 saturated heterocycles. The lowest BCUT2D eigenvalue weighted by atomic mass is 10.1. The standard InChI is InChI=1S/C22H31N3O5S2/c1-17-5-7-20(30-17)19(24-11-13-29-14-12-24)16-23-21(26)15-18-6-8-22(31-18)32(27,28)25-9-3-2-4-10-25/h5-8,19H,2-4,9-16H2,1H3,(H,23,26). The van der Waals surface area contributed by atoms with Crippen LogP contribution in [0.1, 0.15) is 41.7 Å². The number of carbonyl (C=O) groups excluding carboxylic acids is 1. The molecule has 0 aliphatic carbocycles. The topological polar surface area (TPSA) is 92.1 Å². The van der Waals surface area contributed by atoms with E-state index in [-0.39, 0.29) is 18.4 Å². The predicted molar refractivity (Wildman–Crippen MR) is 122 cm³/mol. The zero-order valence-electron chi connectivity index (χ0n) is 18.4. The van der Waals surface area contributed by atoms with Gasteiger partial charge in [-0.3, -0.25) is 9.69 Å². The summed E-state index contributed by atoms with van der Waals surface area (Å²) < 4.78 is 38.9. The zero-order chi connectivity index (χ0) is 22.6. The lowest BCUT2D eigenvalue weighted by molar-refractivity contribution is -0.120. The number of piperidine rings is 1. The largest absolute Gasteiger partial charge is 0.465 e. The number of hydrogen-bond donors (Lipinski definition) is 1. The summed E-state index contributed by atoms with van der Waals surface area (Å²) in [6, 6.07) is 7.20.